The summed E-state index contributed by atoms with van der Waals surface area (Å²) in [6, 6.07) is 9.36. The van der Waals surface area contributed by atoms with Gasteiger partial charge in [-0.1, -0.05) is 37.8 Å². The molecule has 1 aliphatic rings. The lowest BCUT2D eigenvalue weighted by molar-refractivity contribution is 0.316. The van der Waals surface area contributed by atoms with Gasteiger partial charge in [0.05, 0.1) is 7.11 Å². The van der Waals surface area contributed by atoms with E-state index in [0.29, 0.717) is 12.1 Å². The van der Waals surface area contributed by atoms with Crippen LogP contribution >= 0.6 is 0 Å². The van der Waals surface area contributed by atoms with E-state index in [-0.39, 0.29) is 0 Å². The molecular formula is C18H29NO. The second kappa shape index (κ2) is 7.68. The molecule has 1 unspecified atom stereocenters. The topological polar surface area (TPSA) is 21.3 Å². The summed E-state index contributed by atoms with van der Waals surface area (Å²) < 4.78 is 5.32. The fourth-order valence-corrected chi connectivity index (χ4v) is 3.35. The predicted molar refractivity (Wildman–Crippen MR) is 85.2 cm³/mol. The minimum Gasteiger partial charge on any atom is -0.497 e. The molecule has 0 bridgehead atoms. The van der Waals surface area contributed by atoms with Gasteiger partial charge in [0.2, 0.25) is 0 Å². The molecule has 1 aromatic rings. The molecule has 0 spiro atoms. The van der Waals surface area contributed by atoms with Crippen LogP contribution in [0.15, 0.2) is 24.3 Å². The summed E-state index contributed by atoms with van der Waals surface area (Å²) in [7, 11) is 1.73. The molecule has 0 aromatic heterocycles. The van der Waals surface area contributed by atoms with Gasteiger partial charge in [-0.2, -0.15) is 0 Å². The van der Waals surface area contributed by atoms with Gasteiger partial charge in [-0.05, 0) is 50.3 Å². The Morgan fingerprint density at radius 1 is 1.10 bits per heavy atom. The Labute approximate surface area is 123 Å². The van der Waals surface area contributed by atoms with Crippen LogP contribution in [0.25, 0.3) is 0 Å². The van der Waals surface area contributed by atoms with Gasteiger partial charge in [-0.15, -0.1) is 0 Å². The molecule has 1 saturated carbocycles. The lowest BCUT2D eigenvalue weighted by atomic mass is 9.92. The van der Waals surface area contributed by atoms with Crippen LogP contribution < -0.4 is 10.1 Å². The summed E-state index contributed by atoms with van der Waals surface area (Å²) in [5.41, 5.74) is 1.31. The molecule has 2 rings (SSSR count). The molecule has 0 radical (unpaired) electrons. The number of rotatable bonds is 5. The van der Waals surface area contributed by atoms with Crippen molar-refractivity contribution in [1.82, 2.24) is 5.32 Å². The van der Waals surface area contributed by atoms with Crippen molar-refractivity contribution in [2.45, 2.75) is 64.5 Å². The molecule has 0 aliphatic heterocycles. The average Bonchev–Trinajstić information content (AvgIpc) is 2.76. The third-order valence-corrected chi connectivity index (χ3v) is 4.71. The van der Waals surface area contributed by atoms with E-state index < -0.39 is 0 Å². The molecule has 20 heavy (non-hydrogen) atoms. The Bertz CT molecular complexity index is 396. The average molecular weight is 275 g/mol. The van der Waals surface area contributed by atoms with Gasteiger partial charge in [0.1, 0.15) is 5.75 Å². The predicted octanol–water partition coefficient (Wildman–Crippen LogP) is 4.70. The zero-order valence-corrected chi connectivity index (χ0v) is 13.2. The highest BCUT2D eigenvalue weighted by Gasteiger charge is 2.20. The van der Waals surface area contributed by atoms with E-state index in [4.69, 9.17) is 4.74 Å². The molecular weight excluding hydrogens is 246 g/mol. The summed E-state index contributed by atoms with van der Waals surface area (Å²) in [4.78, 5) is 0. The summed E-state index contributed by atoms with van der Waals surface area (Å²) in [5, 5.41) is 3.79. The third kappa shape index (κ3) is 4.24. The van der Waals surface area contributed by atoms with Crippen LogP contribution in [0, 0.1) is 5.92 Å². The Hall–Kier alpha value is -1.02. The maximum atomic E-state index is 5.32. The van der Waals surface area contributed by atoms with E-state index in [1.165, 1.54) is 44.1 Å². The Balaban J connectivity index is 1.93. The SMILES string of the molecule is COc1cccc(C(C)N[C@H](C)C2CCCCCC2)c1. The number of ether oxygens (including phenoxy) is 1. The maximum absolute atomic E-state index is 5.32. The van der Waals surface area contributed by atoms with Crippen LogP contribution in [0.4, 0.5) is 0 Å². The molecule has 1 fully saturated rings. The second-order valence-corrected chi connectivity index (χ2v) is 6.21. The van der Waals surface area contributed by atoms with Crippen LogP contribution in [-0.4, -0.2) is 13.2 Å². The minimum atomic E-state index is 0.378. The smallest absolute Gasteiger partial charge is 0.119 e. The number of benzene rings is 1. The van der Waals surface area contributed by atoms with Crippen molar-refractivity contribution in [2.75, 3.05) is 7.11 Å². The first-order chi connectivity index (χ1) is 9.70. The standard InChI is InChI=1S/C18H29NO/c1-14(16-9-6-4-5-7-10-16)19-15(2)17-11-8-12-18(13-17)20-3/h8,11-16,19H,4-7,9-10H2,1-3H3/t14-,15?/m1/s1. The third-order valence-electron chi connectivity index (χ3n) is 4.71. The van der Waals surface area contributed by atoms with Crippen LogP contribution in [0.5, 0.6) is 5.75 Å². The summed E-state index contributed by atoms with van der Waals surface area (Å²) in [6.45, 7) is 4.61. The highest BCUT2D eigenvalue weighted by atomic mass is 16.5. The van der Waals surface area contributed by atoms with E-state index >= 15 is 0 Å². The van der Waals surface area contributed by atoms with Gasteiger partial charge in [0, 0.05) is 12.1 Å². The molecule has 2 nitrogen and oxygen atoms in total. The summed E-state index contributed by atoms with van der Waals surface area (Å²) >= 11 is 0. The van der Waals surface area contributed by atoms with Crippen molar-refractivity contribution in [2.24, 2.45) is 5.92 Å². The van der Waals surface area contributed by atoms with Crippen molar-refractivity contribution in [3.8, 4) is 5.75 Å². The first kappa shape index (κ1) is 15.4. The molecule has 2 atom stereocenters. The van der Waals surface area contributed by atoms with Gasteiger partial charge in [-0.25, -0.2) is 0 Å². The fraction of sp³-hybridized carbons (Fsp3) is 0.667. The highest BCUT2D eigenvalue weighted by Crippen LogP contribution is 2.27. The van der Waals surface area contributed by atoms with Gasteiger partial charge < -0.3 is 10.1 Å². The normalized spacial score (nSPS) is 20.1. The first-order valence-electron chi connectivity index (χ1n) is 8.10. The van der Waals surface area contributed by atoms with Gasteiger partial charge >= 0.3 is 0 Å². The molecule has 1 aromatic carbocycles. The van der Waals surface area contributed by atoms with E-state index in [9.17, 15) is 0 Å². The van der Waals surface area contributed by atoms with Crippen molar-refractivity contribution in [3.63, 3.8) is 0 Å². The van der Waals surface area contributed by atoms with E-state index in [1.807, 2.05) is 6.07 Å². The lowest BCUT2D eigenvalue weighted by Crippen LogP contribution is -2.35. The fourth-order valence-electron chi connectivity index (χ4n) is 3.35. The van der Waals surface area contributed by atoms with Crippen LogP contribution in [0.3, 0.4) is 0 Å². The molecule has 0 heterocycles. The van der Waals surface area contributed by atoms with Crippen LogP contribution in [0.2, 0.25) is 0 Å². The molecule has 2 heteroatoms. The zero-order chi connectivity index (χ0) is 14.4. The van der Waals surface area contributed by atoms with Gasteiger partial charge in [-0.3, -0.25) is 0 Å². The largest absolute Gasteiger partial charge is 0.497 e. The second-order valence-electron chi connectivity index (χ2n) is 6.21. The van der Waals surface area contributed by atoms with E-state index in [1.54, 1.807) is 7.11 Å². The number of hydrogen-bond donors (Lipinski definition) is 1. The first-order valence-corrected chi connectivity index (χ1v) is 8.10. The Morgan fingerprint density at radius 2 is 1.80 bits per heavy atom. The summed E-state index contributed by atoms with van der Waals surface area (Å²) in [6.07, 6.45) is 8.44. The molecule has 112 valence electrons. The maximum Gasteiger partial charge on any atom is 0.119 e. The lowest BCUT2D eigenvalue weighted by Gasteiger charge is -2.27. The van der Waals surface area contributed by atoms with Crippen molar-refractivity contribution < 1.29 is 4.74 Å². The van der Waals surface area contributed by atoms with Gasteiger partial charge in [0.15, 0.2) is 0 Å². The quantitative estimate of drug-likeness (QED) is 0.786. The van der Waals surface area contributed by atoms with Crippen molar-refractivity contribution in [1.29, 1.82) is 0 Å². The molecule has 1 aliphatic carbocycles. The highest BCUT2D eigenvalue weighted by molar-refractivity contribution is 5.30. The van der Waals surface area contributed by atoms with Crippen molar-refractivity contribution >= 4 is 0 Å². The van der Waals surface area contributed by atoms with Crippen LogP contribution in [-0.2, 0) is 0 Å². The van der Waals surface area contributed by atoms with E-state index in [0.717, 1.165) is 11.7 Å². The number of methoxy groups -OCH3 is 1. The van der Waals surface area contributed by atoms with Gasteiger partial charge in [0.25, 0.3) is 0 Å². The van der Waals surface area contributed by atoms with E-state index in [2.05, 4.69) is 37.4 Å². The Kier molecular flexibility index (Phi) is 5.90. The van der Waals surface area contributed by atoms with Crippen molar-refractivity contribution in [3.05, 3.63) is 29.8 Å². The Morgan fingerprint density at radius 3 is 2.45 bits per heavy atom. The number of nitrogens with one attached hydrogen (secondary N) is 1. The molecule has 1 N–H and O–H groups in total. The number of hydrogen-bond acceptors (Lipinski definition) is 2. The molecule has 0 amide bonds. The van der Waals surface area contributed by atoms with Crippen LogP contribution in [0.1, 0.15) is 64.0 Å². The zero-order valence-electron chi connectivity index (χ0n) is 13.2. The summed E-state index contributed by atoms with van der Waals surface area (Å²) in [5.74, 6) is 1.78. The minimum absolute atomic E-state index is 0.378. The monoisotopic (exact) mass is 275 g/mol. The molecule has 0 saturated heterocycles.